The van der Waals surface area contributed by atoms with Gasteiger partial charge >= 0.3 is 0 Å². The van der Waals surface area contributed by atoms with Gasteiger partial charge in [-0.15, -0.1) is 0 Å². The third-order valence-electron chi connectivity index (χ3n) is 3.35. The van der Waals surface area contributed by atoms with Crippen molar-refractivity contribution in [2.45, 2.75) is 58.9 Å². The fourth-order valence-corrected chi connectivity index (χ4v) is 2.18. The predicted octanol–water partition coefficient (Wildman–Crippen LogP) is 3.73. The molecule has 0 unspecified atom stereocenters. The summed E-state index contributed by atoms with van der Waals surface area (Å²) in [6.07, 6.45) is 5.54. The third kappa shape index (κ3) is 6.20. The Labute approximate surface area is 122 Å². The molecule has 3 heteroatoms. The highest BCUT2D eigenvalue weighted by atomic mass is 16.2. The Kier molecular flexibility index (Phi) is 7.31. The van der Waals surface area contributed by atoms with Crippen molar-refractivity contribution in [2.24, 2.45) is 11.7 Å². The van der Waals surface area contributed by atoms with Gasteiger partial charge in [0.25, 0.3) is 0 Å². The molecule has 1 aromatic carbocycles. The lowest BCUT2D eigenvalue weighted by Crippen LogP contribution is -2.36. The zero-order valence-corrected chi connectivity index (χ0v) is 13.0. The van der Waals surface area contributed by atoms with E-state index in [0.717, 1.165) is 12.1 Å². The second kappa shape index (κ2) is 8.75. The van der Waals surface area contributed by atoms with Crippen LogP contribution in [0.15, 0.2) is 24.3 Å². The fourth-order valence-electron chi connectivity index (χ4n) is 2.18. The summed E-state index contributed by atoms with van der Waals surface area (Å²) in [5, 5.41) is 2.88. The lowest BCUT2D eigenvalue weighted by molar-refractivity contribution is -0.117. The first-order valence-corrected chi connectivity index (χ1v) is 7.68. The quantitative estimate of drug-likeness (QED) is 0.711. The largest absolute Gasteiger partial charge is 0.325 e. The Morgan fingerprint density at radius 3 is 2.40 bits per heavy atom. The van der Waals surface area contributed by atoms with E-state index in [-0.39, 0.29) is 5.91 Å². The van der Waals surface area contributed by atoms with Crippen LogP contribution in [0.4, 0.5) is 5.69 Å². The van der Waals surface area contributed by atoms with E-state index < -0.39 is 6.04 Å². The SMILES string of the molecule is CCCCCc1ccc(NC(=O)[C@@H](N)CC(C)C)cc1. The Morgan fingerprint density at radius 2 is 1.85 bits per heavy atom. The summed E-state index contributed by atoms with van der Waals surface area (Å²) in [7, 11) is 0. The van der Waals surface area contributed by atoms with E-state index in [2.05, 4.69) is 38.2 Å². The average molecular weight is 276 g/mol. The normalized spacial score (nSPS) is 12.4. The summed E-state index contributed by atoms with van der Waals surface area (Å²) in [6, 6.07) is 7.65. The minimum atomic E-state index is -0.431. The molecule has 0 aliphatic carbocycles. The van der Waals surface area contributed by atoms with Gasteiger partial charge in [-0.3, -0.25) is 4.79 Å². The van der Waals surface area contributed by atoms with Crippen LogP contribution in [-0.4, -0.2) is 11.9 Å². The topological polar surface area (TPSA) is 55.1 Å². The number of carbonyl (C=O) groups is 1. The van der Waals surface area contributed by atoms with Gasteiger partial charge in [0, 0.05) is 5.69 Å². The van der Waals surface area contributed by atoms with Gasteiger partial charge in [-0.1, -0.05) is 45.7 Å². The highest BCUT2D eigenvalue weighted by molar-refractivity contribution is 5.94. The van der Waals surface area contributed by atoms with Crippen molar-refractivity contribution < 1.29 is 4.79 Å². The van der Waals surface area contributed by atoms with Crippen LogP contribution in [0.5, 0.6) is 0 Å². The molecule has 20 heavy (non-hydrogen) atoms. The summed E-state index contributed by atoms with van der Waals surface area (Å²) >= 11 is 0. The molecular formula is C17H28N2O. The highest BCUT2D eigenvalue weighted by Crippen LogP contribution is 2.13. The Balaban J connectivity index is 2.46. The summed E-state index contributed by atoms with van der Waals surface area (Å²) < 4.78 is 0. The van der Waals surface area contributed by atoms with Crippen LogP contribution in [-0.2, 0) is 11.2 Å². The van der Waals surface area contributed by atoms with Crippen molar-refractivity contribution in [2.75, 3.05) is 5.32 Å². The molecule has 1 rings (SSSR count). The van der Waals surface area contributed by atoms with Crippen molar-refractivity contribution in [3.63, 3.8) is 0 Å². The van der Waals surface area contributed by atoms with Gasteiger partial charge in [-0.05, 0) is 42.9 Å². The minimum absolute atomic E-state index is 0.0996. The van der Waals surface area contributed by atoms with E-state index in [0.29, 0.717) is 12.3 Å². The molecule has 0 aliphatic rings. The number of nitrogens with two attached hydrogens (primary N) is 1. The molecule has 0 bridgehead atoms. The molecule has 3 nitrogen and oxygen atoms in total. The standard InChI is InChI=1S/C17H28N2O/c1-4-5-6-7-14-8-10-15(11-9-14)19-17(20)16(18)12-13(2)3/h8-11,13,16H,4-7,12,18H2,1-3H3,(H,19,20)/t16-/m0/s1. The highest BCUT2D eigenvalue weighted by Gasteiger charge is 2.14. The molecule has 1 atom stereocenters. The van der Waals surface area contributed by atoms with E-state index in [4.69, 9.17) is 5.73 Å². The van der Waals surface area contributed by atoms with Crippen LogP contribution in [0.1, 0.15) is 52.0 Å². The molecule has 3 N–H and O–H groups in total. The summed E-state index contributed by atoms with van der Waals surface area (Å²) in [4.78, 5) is 11.9. The Hall–Kier alpha value is -1.35. The second-order valence-corrected chi connectivity index (χ2v) is 5.88. The summed E-state index contributed by atoms with van der Waals surface area (Å²) in [6.45, 7) is 6.34. The number of amides is 1. The van der Waals surface area contributed by atoms with Crippen molar-refractivity contribution in [1.82, 2.24) is 0 Å². The van der Waals surface area contributed by atoms with E-state index in [1.54, 1.807) is 0 Å². The van der Waals surface area contributed by atoms with Crippen LogP contribution in [0.3, 0.4) is 0 Å². The predicted molar refractivity (Wildman–Crippen MR) is 85.7 cm³/mol. The first kappa shape index (κ1) is 16.7. The zero-order valence-electron chi connectivity index (χ0n) is 13.0. The third-order valence-corrected chi connectivity index (χ3v) is 3.35. The maximum absolute atomic E-state index is 11.9. The molecule has 0 saturated heterocycles. The number of carbonyl (C=O) groups excluding carboxylic acids is 1. The molecule has 1 amide bonds. The van der Waals surface area contributed by atoms with Crippen LogP contribution in [0.25, 0.3) is 0 Å². The zero-order chi connectivity index (χ0) is 15.0. The van der Waals surface area contributed by atoms with Gasteiger partial charge in [-0.2, -0.15) is 0 Å². The maximum atomic E-state index is 11.9. The molecule has 0 radical (unpaired) electrons. The Bertz CT molecular complexity index is 398. The van der Waals surface area contributed by atoms with Crippen LogP contribution in [0.2, 0.25) is 0 Å². The number of rotatable bonds is 8. The van der Waals surface area contributed by atoms with Crippen LogP contribution >= 0.6 is 0 Å². The van der Waals surface area contributed by atoms with Gasteiger partial charge in [0.1, 0.15) is 0 Å². The molecular weight excluding hydrogens is 248 g/mol. The van der Waals surface area contributed by atoms with Gasteiger partial charge in [0.05, 0.1) is 6.04 Å². The average Bonchev–Trinajstić information content (AvgIpc) is 2.40. The first-order valence-electron chi connectivity index (χ1n) is 7.68. The lowest BCUT2D eigenvalue weighted by Gasteiger charge is -2.14. The van der Waals surface area contributed by atoms with Gasteiger partial charge in [-0.25, -0.2) is 0 Å². The summed E-state index contributed by atoms with van der Waals surface area (Å²) in [5.74, 6) is 0.328. The van der Waals surface area contributed by atoms with E-state index >= 15 is 0 Å². The molecule has 0 aromatic heterocycles. The number of anilines is 1. The van der Waals surface area contributed by atoms with Crippen LogP contribution < -0.4 is 11.1 Å². The van der Waals surface area contributed by atoms with E-state index in [9.17, 15) is 4.79 Å². The monoisotopic (exact) mass is 276 g/mol. The number of hydrogen-bond donors (Lipinski definition) is 2. The van der Waals surface area contributed by atoms with Crippen molar-refractivity contribution in [3.8, 4) is 0 Å². The van der Waals surface area contributed by atoms with Crippen molar-refractivity contribution in [3.05, 3.63) is 29.8 Å². The molecule has 0 saturated carbocycles. The van der Waals surface area contributed by atoms with Crippen molar-refractivity contribution in [1.29, 1.82) is 0 Å². The van der Waals surface area contributed by atoms with E-state index in [1.165, 1.54) is 24.8 Å². The van der Waals surface area contributed by atoms with Crippen LogP contribution in [0, 0.1) is 5.92 Å². The molecule has 1 aromatic rings. The molecule has 112 valence electrons. The molecule has 0 fully saturated rings. The molecule has 0 heterocycles. The molecule has 0 aliphatic heterocycles. The first-order chi connectivity index (χ1) is 9.52. The van der Waals surface area contributed by atoms with Gasteiger partial charge < -0.3 is 11.1 Å². The number of unbranched alkanes of at least 4 members (excludes halogenated alkanes) is 2. The van der Waals surface area contributed by atoms with Crippen molar-refractivity contribution >= 4 is 11.6 Å². The summed E-state index contributed by atoms with van der Waals surface area (Å²) in [5.41, 5.74) is 8.01. The lowest BCUT2D eigenvalue weighted by atomic mass is 10.0. The smallest absolute Gasteiger partial charge is 0.241 e. The van der Waals surface area contributed by atoms with Gasteiger partial charge in [0.15, 0.2) is 0 Å². The van der Waals surface area contributed by atoms with E-state index in [1.807, 2.05) is 12.1 Å². The number of hydrogen-bond acceptors (Lipinski definition) is 2. The Morgan fingerprint density at radius 1 is 1.20 bits per heavy atom. The number of benzene rings is 1. The number of nitrogens with one attached hydrogen (secondary N) is 1. The maximum Gasteiger partial charge on any atom is 0.241 e. The van der Waals surface area contributed by atoms with Gasteiger partial charge in [0.2, 0.25) is 5.91 Å². The second-order valence-electron chi connectivity index (χ2n) is 5.88. The number of aryl methyl sites for hydroxylation is 1. The fraction of sp³-hybridized carbons (Fsp3) is 0.588. The molecule has 0 spiro atoms. The minimum Gasteiger partial charge on any atom is -0.325 e.